The smallest absolute Gasteiger partial charge is 0.339 e. The number of aliphatic hydroxyl groups is 3. The molecule has 0 aliphatic carbocycles. The molecule has 8 aromatic rings. The third kappa shape index (κ3) is 19.9. The van der Waals surface area contributed by atoms with E-state index < -0.39 is 254 Å². The summed E-state index contributed by atoms with van der Waals surface area (Å²) in [6.45, 7) is -7.07. The van der Waals surface area contributed by atoms with Gasteiger partial charge in [-0.15, -0.1) is 0 Å². The molecule has 0 spiro atoms. The third-order valence-corrected chi connectivity index (χ3v) is 16.5. The molecular formula is C80H66O32. The highest BCUT2D eigenvalue weighted by Crippen LogP contribution is 2.33. The van der Waals surface area contributed by atoms with Crippen molar-refractivity contribution in [3.05, 3.63) is 283 Å². The Morgan fingerprint density at radius 3 is 0.562 bits per heavy atom. The average molecular weight is 1540 g/mol. The van der Waals surface area contributed by atoms with Gasteiger partial charge in [-0.05, 0) is 78.9 Å². The van der Waals surface area contributed by atoms with Gasteiger partial charge in [-0.2, -0.15) is 0 Å². The minimum Gasteiger partial charge on any atom is -0.465 e. The molecule has 0 aliphatic rings. The number of benzene rings is 8. The van der Waals surface area contributed by atoms with E-state index in [0.717, 1.165) is 151 Å². The molecule has 112 heavy (non-hydrogen) atoms. The highest BCUT2D eigenvalue weighted by atomic mass is 16.7. The quantitative estimate of drug-likeness (QED) is 0.0220. The topological polar surface area (TPSA) is 454 Å². The lowest BCUT2D eigenvalue weighted by atomic mass is 9.94. The van der Waals surface area contributed by atoms with Crippen molar-refractivity contribution in [2.24, 2.45) is 0 Å². The fraction of sp³-hybridized carbons (Fsp3) is 0.200. The van der Waals surface area contributed by atoms with Gasteiger partial charge >= 0.3 is 77.6 Å². The average Bonchev–Trinajstić information content (AvgIpc) is 0.770. The van der Waals surface area contributed by atoms with Crippen LogP contribution < -0.4 is 0 Å². The Balaban J connectivity index is 1.59. The van der Waals surface area contributed by atoms with Crippen molar-refractivity contribution in [3.8, 4) is 0 Å². The van der Waals surface area contributed by atoms with E-state index in [1.807, 2.05) is 0 Å². The number of rotatable bonds is 34. The van der Waals surface area contributed by atoms with Crippen LogP contribution in [0, 0.1) is 0 Å². The fourth-order valence-electron chi connectivity index (χ4n) is 11.1. The normalized spacial score (nSPS) is 12.3. The molecule has 0 saturated heterocycles. The molecule has 0 heterocycles. The van der Waals surface area contributed by atoms with E-state index >= 15 is 28.8 Å². The molecule has 3 N–H and O–H groups in total. The second kappa shape index (κ2) is 39.6. The number of methoxy groups -OCH3 is 5. The summed E-state index contributed by atoms with van der Waals surface area (Å²) in [4.78, 5) is 233. The van der Waals surface area contributed by atoms with Crippen LogP contribution in [0.1, 0.15) is 166 Å². The molecular weight excluding hydrogens is 1470 g/mol. The zero-order valence-electron chi connectivity index (χ0n) is 59.7. The van der Waals surface area contributed by atoms with Crippen LogP contribution in [0.25, 0.3) is 0 Å². The zero-order chi connectivity index (χ0) is 81.3. The van der Waals surface area contributed by atoms with Crippen LogP contribution in [0.5, 0.6) is 0 Å². The first kappa shape index (κ1) is 83.4. The monoisotopic (exact) mass is 1540 g/mol. The molecule has 0 amide bonds. The predicted molar refractivity (Wildman–Crippen MR) is 378 cm³/mol. The Kier molecular flexibility index (Phi) is 29.5. The third-order valence-electron chi connectivity index (χ3n) is 16.5. The Labute approximate surface area is 634 Å². The number of esters is 13. The van der Waals surface area contributed by atoms with Crippen molar-refractivity contribution in [1.82, 2.24) is 0 Å². The van der Waals surface area contributed by atoms with Crippen LogP contribution in [0.4, 0.5) is 0 Å². The van der Waals surface area contributed by atoms with E-state index in [-0.39, 0.29) is 0 Å². The Morgan fingerprint density at radius 1 is 0.214 bits per heavy atom. The fourth-order valence-corrected chi connectivity index (χ4v) is 11.1. The molecule has 0 bridgehead atoms. The SMILES string of the molecule is COC(=O)c1ccccc1C(=O)OCC(OC(=O)c1ccccc1C(=O)OC)C(OC(=O)c1ccccc1C(=O)OC)C(OC(=O)c1ccccc1C(=O)OC)C(OC(=O)c1ccccc1C(=O)OC)C(OC(=O)c1ccccc1C(=O)CO)C(COC(=O)c1ccccc1C(=O)CO)OC(=O)c1ccccc1C(=O)CO. The van der Waals surface area contributed by atoms with Gasteiger partial charge in [0.1, 0.15) is 33.0 Å². The summed E-state index contributed by atoms with van der Waals surface area (Å²) in [6.07, 6.45) is -18.5. The summed E-state index contributed by atoms with van der Waals surface area (Å²) in [6, 6.07) is 35.5. The molecule has 32 heteroatoms. The zero-order valence-corrected chi connectivity index (χ0v) is 59.7. The Hall–Kier alpha value is -14.2. The van der Waals surface area contributed by atoms with E-state index in [0.29, 0.717) is 0 Å². The van der Waals surface area contributed by atoms with Gasteiger partial charge in [-0.3, -0.25) is 14.4 Å². The van der Waals surface area contributed by atoms with Crippen molar-refractivity contribution in [1.29, 1.82) is 0 Å². The lowest BCUT2D eigenvalue weighted by molar-refractivity contribution is -0.169. The number of aliphatic hydroxyl groups excluding tert-OH is 3. The molecule has 0 radical (unpaired) electrons. The molecule has 0 saturated carbocycles. The predicted octanol–water partition coefficient (Wildman–Crippen LogP) is 6.51. The van der Waals surface area contributed by atoms with Crippen LogP contribution in [0.2, 0.25) is 0 Å². The number of carbonyl (C=O) groups excluding carboxylic acids is 16. The van der Waals surface area contributed by atoms with Crippen molar-refractivity contribution in [2.75, 3.05) is 68.6 Å². The van der Waals surface area contributed by atoms with Crippen LogP contribution in [-0.2, 0) is 61.6 Å². The number of hydrogen-bond acceptors (Lipinski definition) is 32. The van der Waals surface area contributed by atoms with Crippen LogP contribution in [-0.4, -0.2) is 215 Å². The Morgan fingerprint density at radius 2 is 0.366 bits per heavy atom. The van der Waals surface area contributed by atoms with Crippen molar-refractivity contribution in [2.45, 2.75) is 36.6 Å². The molecule has 6 atom stereocenters. The van der Waals surface area contributed by atoms with Gasteiger partial charge in [0.15, 0.2) is 54.0 Å². The first-order valence-electron chi connectivity index (χ1n) is 33.1. The number of hydrogen-bond donors (Lipinski definition) is 3. The summed E-state index contributed by atoms with van der Waals surface area (Å²) < 4.78 is 74.6. The lowest BCUT2D eigenvalue weighted by Crippen LogP contribution is -2.60. The van der Waals surface area contributed by atoms with Gasteiger partial charge < -0.3 is 76.9 Å². The second-order valence-corrected chi connectivity index (χ2v) is 23.1. The van der Waals surface area contributed by atoms with Crippen molar-refractivity contribution in [3.63, 3.8) is 0 Å². The summed E-state index contributed by atoms with van der Waals surface area (Å²) >= 11 is 0. The number of ketones is 3. The molecule has 0 aliphatic heterocycles. The van der Waals surface area contributed by atoms with Gasteiger partial charge in [0.05, 0.1) is 108 Å². The van der Waals surface area contributed by atoms with Gasteiger partial charge in [0, 0.05) is 16.7 Å². The Bertz CT molecular complexity index is 4650. The van der Waals surface area contributed by atoms with Crippen molar-refractivity contribution < 1.29 is 154 Å². The van der Waals surface area contributed by atoms with E-state index in [1.54, 1.807) is 0 Å². The van der Waals surface area contributed by atoms with Gasteiger partial charge in [0.25, 0.3) is 0 Å². The largest absolute Gasteiger partial charge is 0.465 e. The molecule has 32 nitrogen and oxygen atoms in total. The molecule has 8 aromatic carbocycles. The number of ether oxygens (including phenoxy) is 13. The lowest BCUT2D eigenvalue weighted by Gasteiger charge is -2.40. The molecule has 578 valence electrons. The van der Waals surface area contributed by atoms with Gasteiger partial charge in [0.2, 0.25) is 0 Å². The highest BCUT2D eigenvalue weighted by molar-refractivity contribution is 6.10. The van der Waals surface area contributed by atoms with Crippen LogP contribution in [0.15, 0.2) is 194 Å². The van der Waals surface area contributed by atoms with Gasteiger partial charge in [-0.1, -0.05) is 115 Å². The maximum Gasteiger partial charge on any atom is 0.339 e. The van der Waals surface area contributed by atoms with Gasteiger partial charge in [-0.25, -0.2) is 62.3 Å². The maximum atomic E-state index is 16.0. The van der Waals surface area contributed by atoms with Crippen LogP contribution >= 0.6 is 0 Å². The summed E-state index contributed by atoms with van der Waals surface area (Å²) in [5.41, 5.74) is -10.9. The molecule has 6 unspecified atom stereocenters. The van der Waals surface area contributed by atoms with E-state index in [9.17, 15) is 63.3 Å². The second-order valence-electron chi connectivity index (χ2n) is 23.1. The minimum atomic E-state index is -3.26. The van der Waals surface area contributed by atoms with E-state index in [1.165, 1.54) is 78.9 Å². The standard InChI is InChI=1S/C80H66O32/c1-100-68(87)49-28-12-17-33-54(49)74(93)106-42-63(108-76(95)55-34-18-13-29-50(55)69(88)101-2)65(110-78(97)56-35-19-14-30-51(56)70(89)102-3)67(112-80(99)58-37-21-16-32-53(58)72(91)104-5)66(111-79(98)57-36-20-15-31-52(57)71(90)103-4)64(109-77(96)48-27-11-8-24-45(48)61(86)40-83)62(107-75(94)47-26-10-7-23-44(47)60(85)39-82)41-105-73(92)46-25-9-6-22-43(46)59(84)38-81/h6-37,62-67,81-83H,38-42H2,1-5H3. The van der Waals surface area contributed by atoms with Crippen molar-refractivity contribution >= 4 is 95.0 Å². The van der Waals surface area contributed by atoms with E-state index in [4.69, 9.17) is 61.6 Å². The molecule has 0 aromatic heterocycles. The summed E-state index contributed by atoms with van der Waals surface area (Å²) in [7, 11) is 4.55. The first-order chi connectivity index (χ1) is 53.9. The molecule has 0 fully saturated rings. The van der Waals surface area contributed by atoms with Crippen LogP contribution in [0.3, 0.4) is 0 Å². The number of Topliss-reactive ketones (excluding diaryl/α,β-unsaturated/α-hetero) is 3. The summed E-state index contributed by atoms with van der Waals surface area (Å²) in [5.74, 6) is -23.5. The number of carbonyl (C=O) groups is 16. The summed E-state index contributed by atoms with van der Waals surface area (Å²) in [5, 5.41) is 30.6. The maximum absolute atomic E-state index is 16.0. The highest BCUT2D eigenvalue weighted by Gasteiger charge is 2.54. The van der Waals surface area contributed by atoms with E-state index in [2.05, 4.69) is 0 Å². The minimum absolute atomic E-state index is 0.478. The molecule has 8 rings (SSSR count). The first-order valence-corrected chi connectivity index (χ1v) is 33.1.